The maximum atomic E-state index is 14.1. The minimum Gasteiger partial charge on any atom is -0.366 e. The molecule has 1 amide bonds. The number of thioether (sulfide) groups is 1. The molecule has 2 heterocycles. The molecule has 0 aliphatic carbocycles. The van der Waals surface area contributed by atoms with Crippen molar-refractivity contribution < 1.29 is 9.18 Å². The fourth-order valence-corrected chi connectivity index (χ4v) is 5.46. The smallest absolute Gasteiger partial charge is 0.253 e. The highest BCUT2D eigenvalue weighted by molar-refractivity contribution is 7.98. The largest absolute Gasteiger partial charge is 0.366 e. The van der Waals surface area contributed by atoms with Crippen LogP contribution in [0.1, 0.15) is 42.6 Å². The number of amides is 1. The molecule has 1 fully saturated rings. The summed E-state index contributed by atoms with van der Waals surface area (Å²) >= 11 is 7.83. The number of anilines is 2. The van der Waals surface area contributed by atoms with Gasteiger partial charge in [0.05, 0.1) is 5.69 Å². The van der Waals surface area contributed by atoms with Gasteiger partial charge in [-0.25, -0.2) is 14.4 Å². The molecule has 0 N–H and O–H groups in total. The Morgan fingerprint density at radius 2 is 1.68 bits per heavy atom. The number of halogens is 2. The fourth-order valence-electron chi connectivity index (χ4n) is 4.43. The Kier molecular flexibility index (Phi) is 9.63. The van der Waals surface area contributed by atoms with Crippen LogP contribution in [0, 0.1) is 5.82 Å². The van der Waals surface area contributed by atoms with E-state index in [1.807, 2.05) is 46.2 Å². The number of benzene rings is 2. The lowest BCUT2D eigenvalue weighted by atomic mass is 10.1. The number of hydrogen-bond donors (Lipinski definition) is 0. The van der Waals surface area contributed by atoms with Gasteiger partial charge >= 0.3 is 0 Å². The second-order valence-electron chi connectivity index (χ2n) is 9.03. The number of piperazine rings is 1. The van der Waals surface area contributed by atoms with Gasteiger partial charge in [0.25, 0.3) is 5.91 Å². The Bertz CT molecular complexity index is 1180. The molecule has 4 rings (SSSR count). The molecule has 0 spiro atoms. The van der Waals surface area contributed by atoms with Crippen molar-refractivity contribution in [3.8, 4) is 0 Å². The van der Waals surface area contributed by atoms with E-state index in [1.165, 1.54) is 17.8 Å². The predicted octanol–water partition coefficient (Wildman–Crippen LogP) is 6.15. The summed E-state index contributed by atoms with van der Waals surface area (Å²) in [6.45, 7) is 8.51. The van der Waals surface area contributed by atoms with Gasteiger partial charge in [0, 0.05) is 56.7 Å². The lowest BCUT2D eigenvalue weighted by molar-refractivity contribution is 0.0746. The zero-order chi connectivity index (χ0) is 26.2. The van der Waals surface area contributed by atoms with Crippen LogP contribution in [0.15, 0.2) is 59.8 Å². The number of para-hydroxylation sites is 1. The van der Waals surface area contributed by atoms with Crippen LogP contribution in [0.5, 0.6) is 0 Å². The first-order valence-corrected chi connectivity index (χ1v) is 14.1. The van der Waals surface area contributed by atoms with Gasteiger partial charge in [-0.2, -0.15) is 0 Å². The van der Waals surface area contributed by atoms with Crippen LogP contribution in [0.25, 0.3) is 0 Å². The number of aromatic nitrogens is 2. The van der Waals surface area contributed by atoms with E-state index in [4.69, 9.17) is 16.6 Å². The van der Waals surface area contributed by atoms with E-state index in [1.54, 1.807) is 12.1 Å². The average Bonchev–Trinajstić information content (AvgIpc) is 2.92. The minimum atomic E-state index is -0.227. The third kappa shape index (κ3) is 7.14. The van der Waals surface area contributed by atoms with E-state index in [0.717, 1.165) is 37.3 Å². The standard InChI is InChI=1S/C28H33ClFN5OS/c1-3-13-34(14-4-2)26-19-25(29)31-28(32-26)37-20-21-9-11-22(12-10-21)27(36)35-17-15-33(16-18-35)24-8-6-5-7-23(24)30/h5-12,19H,3-4,13-18,20H2,1-2H3. The van der Waals surface area contributed by atoms with Crippen LogP contribution in [0.3, 0.4) is 0 Å². The second kappa shape index (κ2) is 13.1. The Balaban J connectivity index is 1.33. The van der Waals surface area contributed by atoms with Crippen molar-refractivity contribution >= 4 is 40.8 Å². The first kappa shape index (κ1) is 27.2. The second-order valence-corrected chi connectivity index (χ2v) is 10.4. The lowest BCUT2D eigenvalue weighted by Crippen LogP contribution is -2.49. The molecule has 9 heteroatoms. The Morgan fingerprint density at radius 1 is 1.00 bits per heavy atom. The van der Waals surface area contributed by atoms with E-state index in [-0.39, 0.29) is 11.7 Å². The summed E-state index contributed by atoms with van der Waals surface area (Å²) < 4.78 is 14.1. The van der Waals surface area contributed by atoms with Crippen LogP contribution < -0.4 is 9.80 Å². The molecule has 0 unspecified atom stereocenters. The minimum absolute atomic E-state index is 0.00198. The molecule has 1 aliphatic heterocycles. The molecule has 3 aromatic rings. The quantitative estimate of drug-likeness (QED) is 0.174. The van der Waals surface area contributed by atoms with Gasteiger partial charge in [-0.3, -0.25) is 4.79 Å². The van der Waals surface area contributed by atoms with Gasteiger partial charge in [0.2, 0.25) is 0 Å². The lowest BCUT2D eigenvalue weighted by Gasteiger charge is -2.36. The van der Waals surface area contributed by atoms with Gasteiger partial charge < -0.3 is 14.7 Å². The predicted molar refractivity (Wildman–Crippen MR) is 150 cm³/mol. The van der Waals surface area contributed by atoms with Crippen LogP contribution in [0.4, 0.5) is 15.9 Å². The first-order valence-electron chi connectivity index (χ1n) is 12.8. The van der Waals surface area contributed by atoms with Crippen LogP contribution >= 0.6 is 23.4 Å². The van der Waals surface area contributed by atoms with Crippen molar-refractivity contribution in [1.82, 2.24) is 14.9 Å². The summed E-state index contributed by atoms with van der Waals surface area (Å²) in [5.41, 5.74) is 2.33. The summed E-state index contributed by atoms with van der Waals surface area (Å²) in [7, 11) is 0. The molecular weight excluding hydrogens is 509 g/mol. The number of hydrogen-bond acceptors (Lipinski definition) is 6. The van der Waals surface area contributed by atoms with Crippen LogP contribution in [0.2, 0.25) is 5.15 Å². The molecule has 0 radical (unpaired) electrons. The molecule has 196 valence electrons. The van der Waals surface area contributed by atoms with Gasteiger partial charge in [-0.15, -0.1) is 0 Å². The maximum Gasteiger partial charge on any atom is 0.253 e. The highest BCUT2D eigenvalue weighted by atomic mass is 35.5. The maximum absolute atomic E-state index is 14.1. The molecule has 0 atom stereocenters. The van der Waals surface area contributed by atoms with Gasteiger partial charge in [0.1, 0.15) is 16.8 Å². The molecule has 1 aliphatic rings. The zero-order valence-electron chi connectivity index (χ0n) is 21.4. The van der Waals surface area contributed by atoms with Crippen molar-refractivity contribution in [1.29, 1.82) is 0 Å². The third-order valence-electron chi connectivity index (χ3n) is 6.30. The fraction of sp³-hybridized carbons (Fsp3) is 0.393. The van der Waals surface area contributed by atoms with Crippen molar-refractivity contribution in [2.45, 2.75) is 37.6 Å². The molecule has 37 heavy (non-hydrogen) atoms. The monoisotopic (exact) mass is 541 g/mol. The Hall–Kier alpha value is -2.84. The number of nitrogens with zero attached hydrogens (tertiary/aromatic N) is 5. The van der Waals surface area contributed by atoms with Crippen molar-refractivity contribution in [2.75, 3.05) is 49.1 Å². The zero-order valence-corrected chi connectivity index (χ0v) is 22.9. The molecule has 6 nitrogen and oxygen atoms in total. The van der Waals surface area contributed by atoms with Crippen LogP contribution in [-0.4, -0.2) is 60.0 Å². The Labute approximate surface area is 227 Å². The van der Waals surface area contributed by atoms with E-state index in [2.05, 4.69) is 23.7 Å². The highest BCUT2D eigenvalue weighted by Crippen LogP contribution is 2.26. The summed E-state index contributed by atoms with van der Waals surface area (Å²) in [5.74, 6) is 1.32. The third-order valence-corrected chi connectivity index (χ3v) is 7.41. The summed E-state index contributed by atoms with van der Waals surface area (Å²) in [6, 6.07) is 16.3. The molecule has 2 aromatic carbocycles. The molecule has 0 saturated carbocycles. The summed E-state index contributed by atoms with van der Waals surface area (Å²) in [6.07, 6.45) is 2.08. The summed E-state index contributed by atoms with van der Waals surface area (Å²) in [4.78, 5) is 28.2. The van der Waals surface area contributed by atoms with E-state index >= 15 is 0 Å². The van der Waals surface area contributed by atoms with Crippen molar-refractivity contribution in [3.05, 3.63) is 76.7 Å². The summed E-state index contributed by atoms with van der Waals surface area (Å²) in [5, 5.41) is 1.09. The van der Waals surface area contributed by atoms with Crippen LogP contribution in [-0.2, 0) is 5.75 Å². The SMILES string of the molecule is CCCN(CCC)c1cc(Cl)nc(SCc2ccc(C(=O)N3CCN(c4ccccc4F)CC3)cc2)n1. The van der Waals surface area contributed by atoms with Gasteiger partial charge in [0.15, 0.2) is 5.16 Å². The average molecular weight is 542 g/mol. The Morgan fingerprint density at radius 3 is 2.32 bits per heavy atom. The highest BCUT2D eigenvalue weighted by Gasteiger charge is 2.23. The van der Waals surface area contributed by atoms with E-state index < -0.39 is 0 Å². The van der Waals surface area contributed by atoms with Gasteiger partial charge in [-0.05, 0) is 42.7 Å². The first-order chi connectivity index (χ1) is 18.0. The van der Waals surface area contributed by atoms with Crippen molar-refractivity contribution in [3.63, 3.8) is 0 Å². The van der Waals surface area contributed by atoms with E-state index in [0.29, 0.717) is 53.5 Å². The molecular formula is C28H33ClFN5OS. The van der Waals surface area contributed by atoms with Gasteiger partial charge in [-0.1, -0.05) is 61.5 Å². The topological polar surface area (TPSA) is 52.6 Å². The number of carbonyl (C=O) groups excluding carboxylic acids is 1. The molecule has 1 saturated heterocycles. The number of rotatable bonds is 10. The van der Waals surface area contributed by atoms with Crippen molar-refractivity contribution in [2.24, 2.45) is 0 Å². The number of carbonyl (C=O) groups is 1. The normalized spacial score (nSPS) is 13.6. The van der Waals surface area contributed by atoms with E-state index in [9.17, 15) is 9.18 Å². The molecule has 0 bridgehead atoms. The molecule has 1 aromatic heterocycles.